The van der Waals surface area contributed by atoms with E-state index in [2.05, 4.69) is 4.72 Å². The Kier molecular flexibility index (Phi) is 4.50. The van der Waals surface area contributed by atoms with Gasteiger partial charge in [0, 0.05) is 10.4 Å². The standard InChI is InChI=1S/C13H12FNO5S2/c1-7-11(5-10(21-7)13(17)18)22(19,20)15-12-8(6-16)3-2-4-9(12)14/h2-5,15-16H,6H2,1H3,(H,17,18). The summed E-state index contributed by atoms with van der Waals surface area (Å²) in [6, 6.07) is 4.80. The summed E-state index contributed by atoms with van der Waals surface area (Å²) in [5, 5.41) is 18.1. The molecule has 9 heteroatoms. The van der Waals surface area contributed by atoms with Gasteiger partial charge in [-0.2, -0.15) is 0 Å². The van der Waals surface area contributed by atoms with Gasteiger partial charge in [-0.1, -0.05) is 12.1 Å². The molecule has 0 bridgehead atoms. The molecule has 0 aliphatic heterocycles. The van der Waals surface area contributed by atoms with Gasteiger partial charge in [0.25, 0.3) is 10.0 Å². The van der Waals surface area contributed by atoms with Crippen LogP contribution in [0.2, 0.25) is 0 Å². The van der Waals surface area contributed by atoms with Crippen molar-refractivity contribution in [3.63, 3.8) is 0 Å². The molecule has 1 aromatic carbocycles. The zero-order valence-corrected chi connectivity index (χ0v) is 13.0. The Balaban J connectivity index is 2.47. The van der Waals surface area contributed by atoms with Crippen LogP contribution in [0.4, 0.5) is 10.1 Å². The van der Waals surface area contributed by atoms with Crippen molar-refractivity contribution in [2.24, 2.45) is 0 Å². The van der Waals surface area contributed by atoms with Crippen molar-refractivity contribution >= 4 is 33.0 Å². The van der Waals surface area contributed by atoms with Crippen LogP contribution in [0, 0.1) is 12.7 Å². The molecule has 0 aliphatic rings. The van der Waals surface area contributed by atoms with Crippen molar-refractivity contribution in [3.8, 4) is 0 Å². The average Bonchev–Trinajstić information content (AvgIpc) is 2.84. The summed E-state index contributed by atoms with van der Waals surface area (Å²) in [5.41, 5.74) is -0.276. The normalized spacial score (nSPS) is 11.4. The largest absolute Gasteiger partial charge is 0.477 e. The fourth-order valence-electron chi connectivity index (χ4n) is 1.84. The Bertz CT molecular complexity index is 829. The molecule has 0 aliphatic carbocycles. The SMILES string of the molecule is Cc1sc(C(=O)O)cc1S(=O)(=O)Nc1c(F)cccc1CO. The van der Waals surface area contributed by atoms with Crippen molar-refractivity contribution in [2.45, 2.75) is 18.4 Å². The van der Waals surface area contributed by atoms with Gasteiger partial charge >= 0.3 is 5.97 Å². The van der Waals surface area contributed by atoms with Gasteiger partial charge in [-0.05, 0) is 19.1 Å². The third-order valence-corrected chi connectivity index (χ3v) is 5.52. The van der Waals surface area contributed by atoms with E-state index < -0.39 is 28.4 Å². The third-order valence-electron chi connectivity index (χ3n) is 2.88. The molecule has 1 heterocycles. The zero-order valence-electron chi connectivity index (χ0n) is 11.3. The van der Waals surface area contributed by atoms with E-state index in [4.69, 9.17) is 10.2 Å². The van der Waals surface area contributed by atoms with E-state index in [1.54, 1.807) is 0 Å². The van der Waals surface area contributed by atoms with Gasteiger partial charge in [0.2, 0.25) is 0 Å². The van der Waals surface area contributed by atoms with Gasteiger partial charge in [0.1, 0.15) is 15.6 Å². The molecule has 22 heavy (non-hydrogen) atoms. The lowest BCUT2D eigenvalue weighted by molar-refractivity contribution is 0.0702. The highest BCUT2D eigenvalue weighted by molar-refractivity contribution is 7.93. The second-order valence-electron chi connectivity index (χ2n) is 4.37. The molecule has 2 rings (SSSR count). The number of benzene rings is 1. The first-order valence-corrected chi connectivity index (χ1v) is 8.31. The summed E-state index contributed by atoms with van der Waals surface area (Å²) in [5.74, 6) is -2.07. The Morgan fingerprint density at radius 2 is 2.09 bits per heavy atom. The number of carboxylic acid groups (broad SMARTS) is 1. The molecule has 1 aromatic heterocycles. The number of rotatable bonds is 5. The lowest BCUT2D eigenvalue weighted by atomic mass is 10.2. The highest BCUT2D eigenvalue weighted by atomic mass is 32.2. The number of thiophene rings is 1. The van der Waals surface area contributed by atoms with E-state index in [1.165, 1.54) is 19.1 Å². The first-order chi connectivity index (χ1) is 10.3. The van der Waals surface area contributed by atoms with Crippen LogP contribution in [0.1, 0.15) is 20.1 Å². The molecule has 6 nitrogen and oxygen atoms in total. The minimum absolute atomic E-state index is 0.0786. The molecule has 0 unspecified atom stereocenters. The van der Waals surface area contributed by atoms with E-state index in [0.29, 0.717) is 0 Å². The lowest BCUT2D eigenvalue weighted by Crippen LogP contribution is -2.15. The fraction of sp³-hybridized carbons (Fsp3) is 0.154. The summed E-state index contributed by atoms with van der Waals surface area (Å²) in [7, 11) is -4.17. The van der Waals surface area contributed by atoms with E-state index in [-0.39, 0.29) is 25.9 Å². The van der Waals surface area contributed by atoms with Crippen molar-refractivity contribution in [3.05, 3.63) is 45.4 Å². The predicted octanol–water partition coefficient (Wildman–Crippen LogP) is 2.19. The zero-order chi connectivity index (χ0) is 16.5. The summed E-state index contributed by atoms with van der Waals surface area (Å²) < 4.78 is 40.5. The van der Waals surface area contributed by atoms with E-state index >= 15 is 0 Å². The molecule has 118 valence electrons. The van der Waals surface area contributed by atoms with Gasteiger partial charge in [0.15, 0.2) is 0 Å². The summed E-state index contributed by atoms with van der Waals surface area (Å²) in [4.78, 5) is 10.8. The molecule has 0 atom stereocenters. The number of aliphatic hydroxyl groups excluding tert-OH is 1. The van der Waals surface area contributed by atoms with Gasteiger partial charge in [-0.3, -0.25) is 4.72 Å². The predicted molar refractivity (Wildman–Crippen MR) is 79.1 cm³/mol. The average molecular weight is 345 g/mol. The number of nitrogens with one attached hydrogen (secondary N) is 1. The van der Waals surface area contributed by atoms with E-state index in [0.717, 1.165) is 23.5 Å². The number of carboxylic acids is 1. The second-order valence-corrected chi connectivity index (χ2v) is 7.28. The van der Waals surface area contributed by atoms with Crippen LogP contribution in [-0.2, 0) is 16.6 Å². The first-order valence-electron chi connectivity index (χ1n) is 6.01. The van der Waals surface area contributed by atoms with Gasteiger partial charge < -0.3 is 10.2 Å². The molecule has 0 radical (unpaired) electrons. The van der Waals surface area contributed by atoms with Crippen LogP contribution in [0.3, 0.4) is 0 Å². The molecular weight excluding hydrogens is 333 g/mol. The van der Waals surface area contributed by atoms with E-state index in [9.17, 15) is 17.6 Å². The molecule has 0 saturated carbocycles. The monoisotopic (exact) mass is 345 g/mol. The number of sulfonamides is 1. The van der Waals surface area contributed by atoms with Crippen LogP contribution in [0.5, 0.6) is 0 Å². The first kappa shape index (κ1) is 16.4. The van der Waals surface area contributed by atoms with Crippen molar-refractivity contribution < 1.29 is 27.8 Å². The molecule has 0 amide bonds. The maximum atomic E-state index is 13.8. The molecule has 0 saturated heterocycles. The number of hydrogen-bond donors (Lipinski definition) is 3. The van der Waals surface area contributed by atoms with Gasteiger partial charge in [0.05, 0.1) is 12.3 Å². The van der Waals surface area contributed by atoms with Crippen molar-refractivity contribution in [1.29, 1.82) is 0 Å². The Labute approximate surface area is 129 Å². The van der Waals surface area contributed by atoms with Crippen LogP contribution in [0.15, 0.2) is 29.2 Å². The fourth-order valence-corrected chi connectivity index (χ4v) is 4.38. The second kappa shape index (κ2) is 6.03. The van der Waals surface area contributed by atoms with Crippen LogP contribution >= 0.6 is 11.3 Å². The number of para-hydroxylation sites is 1. The van der Waals surface area contributed by atoms with E-state index in [1.807, 2.05) is 0 Å². The number of aliphatic hydroxyl groups is 1. The Hall–Kier alpha value is -1.97. The van der Waals surface area contributed by atoms with Gasteiger partial charge in [-0.15, -0.1) is 11.3 Å². The highest BCUT2D eigenvalue weighted by Gasteiger charge is 2.24. The third kappa shape index (κ3) is 3.11. The lowest BCUT2D eigenvalue weighted by Gasteiger charge is -2.12. The van der Waals surface area contributed by atoms with Crippen molar-refractivity contribution in [1.82, 2.24) is 0 Å². The summed E-state index contributed by atoms with van der Waals surface area (Å²) >= 11 is 0.812. The van der Waals surface area contributed by atoms with Crippen LogP contribution in [0.25, 0.3) is 0 Å². The highest BCUT2D eigenvalue weighted by Crippen LogP contribution is 2.29. The number of hydrogen-bond acceptors (Lipinski definition) is 5. The molecule has 2 aromatic rings. The number of anilines is 1. The van der Waals surface area contributed by atoms with Crippen LogP contribution in [-0.4, -0.2) is 24.6 Å². The molecule has 0 fully saturated rings. The summed E-state index contributed by atoms with van der Waals surface area (Å²) in [6.45, 7) is 0.915. The minimum atomic E-state index is -4.17. The molecular formula is C13H12FNO5S2. The maximum Gasteiger partial charge on any atom is 0.345 e. The van der Waals surface area contributed by atoms with Crippen LogP contribution < -0.4 is 4.72 Å². The summed E-state index contributed by atoms with van der Waals surface area (Å²) in [6.07, 6.45) is 0. The number of aromatic carboxylic acids is 1. The Morgan fingerprint density at radius 1 is 1.41 bits per heavy atom. The number of aryl methyl sites for hydroxylation is 1. The Morgan fingerprint density at radius 3 is 2.64 bits per heavy atom. The number of halogens is 1. The van der Waals surface area contributed by atoms with Gasteiger partial charge in [-0.25, -0.2) is 17.6 Å². The molecule has 0 spiro atoms. The smallest absolute Gasteiger partial charge is 0.345 e. The maximum absolute atomic E-state index is 13.8. The topological polar surface area (TPSA) is 104 Å². The minimum Gasteiger partial charge on any atom is -0.477 e. The molecule has 3 N–H and O–H groups in total. The quantitative estimate of drug-likeness (QED) is 0.771. The van der Waals surface area contributed by atoms with Crippen molar-refractivity contribution in [2.75, 3.05) is 4.72 Å². The number of carbonyl (C=O) groups is 1.